The van der Waals surface area contributed by atoms with Crippen LogP contribution in [0.3, 0.4) is 0 Å². The molecule has 0 aromatic heterocycles. The van der Waals surface area contributed by atoms with Crippen LogP contribution in [0, 0.1) is 0 Å². The maximum Gasteiger partial charge on any atom is 0.472 e. The van der Waals surface area contributed by atoms with Crippen LogP contribution in [0.5, 0.6) is 0 Å². The molecule has 0 aliphatic rings. The maximum atomic E-state index is 12.7. The van der Waals surface area contributed by atoms with Gasteiger partial charge in [0.15, 0.2) is 6.10 Å². The average molecular weight is 829 g/mol. The molecular formula is C44H79NO11P+. The van der Waals surface area contributed by atoms with Gasteiger partial charge in [-0.25, -0.2) is 4.57 Å². The number of rotatable bonds is 37. The summed E-state index contributed by atoms with van der Waals surface area (Å²) in [5.74, 6) is -1.13. The first-order valence-electron chi connectivity index (χ1n) is 21.3. The van der Waals surface area contributed by atoms with Gasteiger partial charge >= 0.3 is 19.8 Å². The highest BCUT2D eigenvalue weighted by Gasteiger charge is 2.27. The first-order valence-corrected chi connectivity index (χ1v) is 22.8. The first kappa shape index (κ1) is 54.6. The summed E-state index contributed by atoms with van der Waals surface area (Å²) in [5.41, 5.74) is 0. The topological polar surface area (TPSA) is 169 Å². The van der Waals surface area contributed by atoms with Crippen LogP contribution in [0.1, 0.15) is 136 Å². The normalized spacial score (nSPS) is 15.9. The van der Waals surface area contributed by atoms with Crippen LogP contribution in [-0.2, 0) is 32.7 Å². The number of esters is 2. The van der Waals surface area contributed by atoms with Gasteiger partial charge in [-0.1, -0.05) is 152 Å². The smallest absolute Gasteiger partial charge is 0.462 e. The number of aliphatic hydroxyl groups excluding tert-OH is 3. The van der Waals surface area contributed by atoms with Gasteiger partial charge < -0.3 is 34.2 Å². The Morgan fingerprint density at radius 1 is 0.667 bits per heavy atom. The summed E-state index contributed by atoms with van der Waals surface area (Å²) in [5, 5.41) is 30.5. The minimum Gasteiger partial charge on any atom is -0.462 e. The van der Waals surface area contributed by atoms with E-state index in [1.165, 1.54) is 63.9 Å². The van der Waals surface area contributed by atoms with Crippen molar-refractivity contribution < 1.29 is 57.4 Å². The molecule has 0 aliphatic heterocycles. The van der Waals surface area contributed by atoms with Gasteiger partial charge in [-0.05, 0) is 32.1 Å². The van der Waals surface area contributed by atoms with Crippen LogP contribution in [0.4, 0.5) is 0 Å². The zero-order chi connectivity index (χ0) is 42.6. The number of phosphoric ester groups is 1. The van der Waals surface area contributed by atoms with Crippen molar-refractivity contribution in [2.75, 3.05) is 47.5 Å². The van der Waals surface area contributed by atoms with E-state index in [2.05, 4.69) is 6.92 Å². The summed E-state index contributed by atoms with van der Waals surface area (Å²) in [7, 11) is 1.25. The van der Waals surface area contributed by atoms with E-state index < -0.39 is 50.8 Å². The highest BCUT2D eigenvalue weighted by atomic mass is 31.2. The lowest BCUT2D eigenvalue weighted by Crippen LogP contribution is -2.37. The van der Waals surface area contributed by atoms with Crippen molar-refractivity contribution in [1.29, 1.82) is 0 Å². The molecule has 0 rings (SSSR count). The monoisotopic (exact) mass is 829 g/mol. The van der Waals surface area contributed by atoms with E-state index >= 15 is 0 Å². The molecule has 4 N–H and O–H groups in total. The molecule has 0 aliphatic carbocycles. The minimum atomic E-state index is -4.47. The number of unbranched alkanes of at least 4 members (excludes halogenated alkanes) is 12. The number of carbonyl (C=O) groups is 2. The SMILES string of the molecule is CC/C=C\C[C@H](O)/C=C/C=C/C=C\C=C/[C@@H](O)[C@H](O)CCCC(=O)O[C@H](COC(=O)CCCCCCCCCCCCCCC)COP(=O)(O)OCC[N+](C)(C)C. The molecule has 0 saturated heterocycles. The molecule has 0 aromatic rings. The molecule has 1 unspecified atom stereocenters. The number of hydrogen-bond acceptors (Lipinski definition) is 10. The largest absolute Gasteiger partial charge is 0.472 e. The summed E-state index contributed by atoms with van der Waals surface area (Å²) in [6.07, 6.45) is 30.7. The number of likely N-dealkylation sites (N-methyl/N-ethyl adjacent to an activating group) is 1. The van der Waals surface area contributed by atoms with E-state index in [-0.39, 0.29) is 38.9 Å². The molecule has 57 heavy (non-hydrogen) atoms. The van der Waals surface area contributed by atoms with Gasteiger partial charge in [-0.3, -0.25) is 18.6 Å². The van der Waals surface area contributed by atoms with Crippen LogP contribution < -0.4 is 0 Å². The van der Waals surface area contributed by atoms with Crippen LogP contribution in [0.25, 0.3) is 0 Å². The third-order valence-corrected chi connectivity index (χ3v) is 9.89. The van der Waals surface area contributed by atoms with Crippen molar-refractivity contribution in [3.05, 3.63) is 60.8 Å². The standard InChI is InChI=1S/C44H78NO11P/c1-6-8-10-11-12-13-14-15-16-17-18-23-27-33-43(49)53-37-40(38-55-57(51,52)54-36-35-45(3,4)5)56-44(50)34-28-32-42(48)41(47)31-26-22-20-19-21-25-30-39(46)29-24-9-7-2/h9,19-22,24-26,30-31,39-42,46-48H,6-8,10-18,23,27-29,32-38H2,1-5H3/p+1/b21-19+,22-20-,24-9-,30-25+,31-26-/t39-,40+,41+,42+/m0/s1. The summed E-state index contributed by atoms with van der Waals surface area (Å²) >= 11 is 0. The van der Waals surface area contributed by atoms with Crippen molar-refractivity contribution in [1.82, 2.24) is 0 Å². The number of carbonyl (C=O) groups excluding carboxylic acids is 2. The Bertz CT molecular complexity index is 1210. The zero-order valence-electron chi connectivity index (χ0n) is 35.9. The van der Waals surface area contributed by atoms with E-state index in [0.29, 0.717) is 23.9 Å². The lowest BCUT2D eigenvalue weighted by molar-refractivity contribution is -0.870. The quantitative estimate of drug-likeness (QED) is 0.0118. The summed E-state index contributed by atoms with van der Waals surface area (Å²) < 4.78 is 34.0. The molecule has 330 valence electrons. The van der Waals surface area contributed by atoms with Gasteiger partial charge in [0.1, 0.15) is 19.8 Å². The second-order valence-corrected chi connectivity index (χ2v) is 17.0. The van der Waals surface area contributed by atoms with Gasteiger partial charge in [-0.2, -0.15) is 0 Å². The van der Waals surface area contributed by atoms with E-state index in [0.717, 1.165) is 25.7 Å². The number of phosphoric acid groups is 1. The lowest BCUT2D eigenvalue weighted by Gasteiger charge is -2.24. The molecule has 0 bridgehead atoms. The fraction of sp³-hybridized carbons (Fsp3) is 0.727. The molecule has 0 amide bonds. The predicted octanol–water partition coefficient (Wildman–Crippen LogP) is 8.60. The van der Waals surface area contributed by atoms with E-state index in [9.17, 15) is 34.4 Å². The summed E-state index contributed by atoms with van der Waals surface area (Å²) in [6, 6.07) is 0. The number of allylic oxidation sites excluding steroid dienone is 7. The van der Waals surface area contributed by atoms with E-state index in [1.807, 2.05) is 40.2 Å². The Morgan fingerprint density at radius 3 is 1.79 bits per heavy atom. The molecule has 5 atom stereocenters. The second-order valence-electron chi connectivity index (χ2n) is 15.6. The van der Waals surface area contributed by atoms with Crippen LogP contribution in [0.15, 0.2) is 60.8 Å². The molecule has 0 spiro atoms. The van der Waals surface area contributed by atoms with Gasteiger partial charge in [0, 0.05) is 12.8 Å². The Balaban J connectivity index is 4.74. The Hall–Kier alpha value is -2.41. The Labute approximate surface area is 344 Å². The molecule has 12 nitrogen and oxygen atoms in total. The van der Waals surface area contributed by atoms with Crippen molar-refractivity contribution in [3.8, 4) is 0 Å². The zero-order valence-corrected chi connectivity index (χ0v) is 36.8. The number of nitrogens with zero attached hydrogens (tertiary/aromatic N) is 1. The molecule has 0 radical (unpaired) electrons. The fourth-order valence-corrected chi connectivity index (χ4v) is 6.15. The molecular weight excluding hydrogens is 749 g/mol. The lowest BCUT2D eigenvalue weighted by atomic mass is 10.0. The fourth-order valence-electron chi connectivity index (χ4n) is 5.41. The summed E-state index contributed by atoms with van der Waals surface area (Å²) in [4.78, 5) is 35.4. The molecule has 0 saturated carbocycles. The average Bonchev–Trinajstić information content (AvgIpc) is 3.15. The van der Waals surface area contributed by atoms with Crippen molar-refractivity contribution in [2.24, 2.45) is 0 Å². The van der Waals surface area contributed by atoms with Gasteiger partial charge in [0.05, 0.1) is 46.1 Å². The third kappa shape index (κ3) is 37.6. The van der Waals surface area contributed by atoms with Crippen LogP contribution in [-0.4, -0.2) is 109 Å². The Morgan fingerprint density at radius 2 is 1.21 bits per heavy atom. The number of quaternary nitrogens is 1. The van der Waals surface area contributed by atoms with Crippen LogP contribution >= 0.6 is 7.82 Å². The van der Waals surface area contributed by atoms with Crippen molar-refractivity contribution in [2.45, 2.75) is 160 Å². The van der Waals surface area contributed by atoms with Gasteiger partial charge in [0.25, 0.3) is 0 Å². The second kappa shape index (κ2) is 35.5. The highest BCUT2D eigenvalue weighted by Crippen LogP contribution is 2.43. The maximum absolute atomic E-state index is 12.7. The predicted molar refractivity (Wildman–Crippen MR) is 228 cm³/mol. The molecule has 0 aromatic carbocycles. The van der Waals surface area contributed by atoms with Gasteiger partial charge in [0.2, 0.25) is 0 Å². The Kier molecular flexibility index (Phi) is 34.0. The van der Waals surface area contributed by atoms with Gasteiger partial charge in [-0.15, -0.1) is 0 Å². The molecule has 0 heterocycles. The minimum absolute atomic E-state index is 0.0342. The first-order chi connectivity index (χ1) is 27.2. The third-order valence-electron chi connectivity index (χ3n) is 8.90. The number of hydrogen-bond donors (Lipinski definition) is 4. The number of ether oxygens (including phenoxy) is 2. The van der Waals surface area contributed by atoms with E-state index in [4.69, 9.17) is 18.5 Å². The van der Waals surface area contributed by atoms with Crippen LogP contribution in [0.2, 0.25) is 0 Å². The number of aliphatic hydroxyl groups is 3. The van der Waals surface area contributed by atoms with E-state index in [1.54, 1.807) is 42.5 Å². The molecule has 13 heteroatoms. The van der Waals surface area contributed by atoms with Crippen molar-refractivity contribution >= 4 is 19.8 Å². The highest BCUT2D eigenvalue weighted by molar-refractivity contribution is 7.47. The van der Waals surface area contributed by atoms with Crippen molar-refractivity contribution in [3.63, 3.8) is 0 Å². The summed E-state index contributed by atoms with van der Waals surface area (Å²) in [6.45, 7) is 3.80. The molecule has 0 fully saturated rings.